The third-order valence-electron chi connectivity index (χ3n) is 4.13. The van der Waals surface area contributed by atoms with Gasteiger partial charge in [0.05, 0.1) is 24.1 Å². The van der Waals surface area contributed by atoms with Crippen LogP contribution in [0.3, 0.4) is 0 Å². The van der Waals surface area contributed by atoms with Crippen LogP contribution in [0.5, 0.6) is 5.75 Å². The van der Waals surface area contributed by atoms with Gasteiger partial charge in [-0.15, -0.1) is 0 Å². The highest BCUT2D eigenvalue weighted by molar-refractivity contribution is 7.92. The fraction of sp³-hybridized carbons (Fsp3) is 0.278. The number of carbonyl (C=O) groups excluding carboxylic acids is 1. The minimum atomic E-state index is -4.55. The number of halogens is 3. The van der Waals surface area contributed by atoms with E-state index in [2.05, 4.69) is 5.32 Å². The minimum Gasteiger partial charge on any atom is -0.476 e. The lowest BCUT2D eigenvalue weighted by Crippen LogP contribution is -2.48. The maximum atomic E-state index is 12.8. The van der Waals surface area contributed by atoms with Crippen molar-refractivity contribution in [2.45, 2.75) is 19.2 Å². The number of sulfonamides is 1. The van der Waals surface area contributed by atoms with E-state index in [1.807, 2.05) is 0 Å². The number of rotatable bonds is 3. The second-order valence-electron chi connectivity index (χ2n) is 6.44. The number of benzene rings is 2. The molecule has 0 aromatic heterocycles. The van der Waals surface area contributed by atoms with Gasteiger partial charge < -0.3 is 10.1 Å². The number of amides is 1. The summed E-state index contributed by atoms with van der Waals surface area (Å²) in [6, 6.07) is 9.03. The quantitative estimate of drug-likeness (QED) is 0.837. The van der Waals surface area contributed by atoms with E-state index in [-0.39, 0.29) is 18.0 Å². The van der Waals surface area contributed by atoms with Crippen LogP contribution < -0.4 is 14.4 Å². The Bertz CT molecular complexity index is 1020. The maximum absolute atomic E-state index is 12.8. The number of alkyl halides is 3. The van der Waals surface area contributed by atoms with Crippen molar-refractivity contribution in [3.8, 4) is 5.75 Å². The van der Waals surface area contributed by atoms with E-state index in [0.717, 1.165) is 28.3 Å². The summed E-state index contributed by atoms with van der Waals surface area (Å²) < 4.78 is 69.5. The van der Waals surface area contributed by atoms with E-state index in [4.69, 9.17) is 4.74 Å². The van der Waals surface area contributed by atoms with Gasteiger partial charge in [-0.3, -0.25) is 9.10 Å². The molecule has 1 heterocycles. The second kappa shape index (κ2) is 7.01. The lowest BCUT2D eigenvalue weighted by atomic mass is 10.1. The van der Waals surface area contributed by atoms with Crippen LogP contribution in [-0.2, 0) is 21.0 Å². The molecule has 6 nitrogen and oxygen atoms in total. The first-order valence-electron chi connectivity index (χ1n) is 8.18. The van der Waals surface area contributed by atoms with Gasteiger partial charge in [0.2, 0.25) is 10.0 Å². The third kappa shape index (κ3) is 4.22. The average Bonchev–Trinajstić information content (AvgIpc) is 2.59. The zero-order chi connectivity index (χ0) is 20.7. The standard InChI is InChI=1S/C18H17F3N2O4S/c1-11-6-7-15-14(8-11)23(28(2,25)26)10-16(27-15)17(24)22-13-5-3-4-12(9-13)18(19,20)21/h3-9,16H,10H2,1-2H3,(H,22,24)/t16-/m0/s1. The number of aryl methyl sites for hydroxylation is 1. The Morgan fingerprint density at radius 2 is 1.93 bits per heavy atom. The number of carbonyl (C=O) groups is 1. The van der Waals surface area contributed by atoms with Gasteiger partial charge in [0.15, 0.2) is 6.10 Å². The van der Waals surface area contributed by atoms with Crippen LogP contribution in [0, 0.1) is 6.92 Å². The van der Waals surface area contributed by atoms with Gasteiger partial charge in [-0.2, -0.15) is 13.2 Å². The zero-order valence-electron chi connectivity index (χ0n) is 14.9. The highest BCUT2D eigenvalue weighted by Gasteiger charge is 2.35. The lowest BCUT2D eigenvalue weighted by molar-refractivity contribution is -0.137. The number of nitrogens with one attached hydrogen (secondary N) is 1. The largest absolute Gasteiger partial charge is 0.476 e. The summed E-state index contributed by atoms with van der Waals surface area (Å²) in [7, 11) is -3.70. The van der Waals surface area contributed by atoms with Gasteiger partial charge in [-0.25, -0.2) is 8.42 Å². The van der Waals surface area contributed by atoms with Crippen LogP contribution in [0.4, 0.5) is 24.5 Å². The number of hydrogen-bond acceptors (Lipinski definition) is 4. The van der Waals surface area contributed by atoms with Crippen molar-refractivity contribution in [1.29, 1.82) is 0 Å². The molecule has 0 radical (unpaired) electrons. The molecular formula is C18H17F3N2O4S. The monoisotopic (exact) mass is 414 g/mol. The third-order valence-corrected chi connectivity index (χ3v) is 5.28. The van der Waals surface area contributed by atoms with Gasteiger partial charge in [-0.05, 0) is 42.8 Å². The maximum Gasteiger partial charge on any atom is 0.416 e. The lowest BCUT2D eigenvalue weighted by Gasteiger charge is -2.34. The summed E-state index contributed by atoms with van der Waals surface area (Å²) in [6.45, 7) is 1.49. The molecule has 28 heavy (non-hydrogen) atoms. The van der Waals surface area contributed by atoms with E-state index >= 15 is 0 Å². The van der Waals surface area contributed by atoms with Crippen molar-refractivity contribution in [2.24, 2.45) is 0 Å². The molecule has 0 bridgehead atoms. The molecule has 1 amide bonds. The molecule has 2 aromatic rings. The molecular weight excluding hydrogens is 397 g/mol. The summed E-state index contributed by atoms with van der Waals surface area (Å²) in [5.41, 5.74) is 0.144. The molecule has 1 aliphatic rings. The first kappa shape index (κ1) is 20.0. The van der Waals surface area contributed by atoms with Crippen molar-refractivity contribution in [3.63, 3.8) is 0 Å². The van der Waals surface area contributed by atoms with Gasteiger partial charge in [0.25, 0.3) is 5.91 Å². The van der Waals surface area contributed by atoms with Crippen LogP contribution in [0.15, 0.2) is 42.5 Å². The second-order valence-corrected chi connectivity index (χ2v) is 8.35. The Labute approximate surface area is 160 Å². The normalized spacial score (nSPS) is 16.9. The van der Waals surface area contributed by atoms with E-state index in [9.17, 15) is 26.4 Å². The first-order valence-corrected chi connectivity index (χ1v) is 10.0. The highest BCUT2D eigenvalue weighted by Crippen LogP contribution is 2.36. The molecule has 0 saturated carbocycles. The molecule has 10 heteroatoms. The van der Waals surface area contributed by atoms with E-state index < -0.39 is 33.8 Å². The van der Waals surface area contributed by atoms with Crippen molar-refractivity contribution in [2.75, 3.05) is 22.4 Å². The molecule has 150 valence electrons. The molecule has 0 fully saturated rings. The van der Waals surface area contributed by atoms with Crippen LogP contribution in [0.2, 0.25) is 0 Å². The van der Waals surface area contributed by atoms with Crippen molar-refractivity contribution < 1.29 is 31.1 Å². The molecule has 0 saturated heterocycles. The van der Waals surface area contributed by atoms with Crippen molar-refractivity contribution in [1.82, 2.24) is 0 Å². The molecule has 1 aliphatic heterocycles. The predicted molar refractivity (Wildman–Crippen MR) is 97.9 cm³/mol. The average molecular weight is 414 g/mol. The number of hydrogen-bond donors (Lipinski definition) is 1. The Balaban J connectivity index is 1.86. The van der Waals surface area contributed by atoms with Crippen molar-refractivity contribution >= 4 is 27.3 Å². The van der Waals surface area contributed by atoms with Crippen molar-refractivity contribution in [3.05, 3.63) is 53.6 Å². The van der Waals surface area contributed by atoms with Crippen LogP contribution in [0.1, 0.15) is 11.1 Å². The molecule has 0 unspecified atom stereocenters. The Morgan fingerprint density at radius 3 is 2.57 bits per heavy atom. The Kier molecular flexibility index (Phi) is 5.00. The molecule has 0 spiro atoms. The minimum absolute atomic E-state index is 0.0657. The van der Waals surface area contributed by atoms with Crippen LogP contribution >= 0.6 is 0 Å². The Hall–Kier alpha value is -2.75. The number of anilines is 2. The molecule has 1 N–H and O–H groups in total. The summed E-state index contributed by atoms with van der Waals surface area (Å²) in [5.74, 6) is -0.550. The zero-order valence-corrected chi connectivity index (χ0v) is 15.8. The topological polar surface area (TPSA) is 75.7 Å². The predicted octanol–water partition coefficient (Wildman–Crippen LogP) is 3.18. The summed E-state index contributed by atoms with van der Waals surface area (Å²) in [6.07, 6.45) is -4.77. The smallest absolute Gasteiger partial charge is 0.416 e. The molecule has 1 atom stereocenters. The highest BCUT2D eigenvalue weighted by atomic mass is 32.2. The van der Waals surface area contributed by atoms with E-state index in [0.29, 0.717) is 5.69 Å². The molecule has 2 aromatic carbocycles. The number of nitrogens with zero attached hydrogens (tertiary/aromatic N) is 1. The number of fused-ring (bicyclic) bond motifs is 1. The van der Waals surface area contributed by atoms with Crippen LogP contribution in [-0.4, -0.2) is 33.2 Å². The Morgan fingerprint density at radius 1 is 1.21 bits per heavy atom. The van der Waals surface area contributed by atoms with Gasteiger partial charge >= 0.3 is 6.18 Å². The van der Waals surface area contributed by atoms with E-state index in [1.165, 1.54) is 12.1 Å². The fourth-order valence-corrected chi connectivity index (χ4v) is 3.71. The van der Waals surface area contributed by atoms with Gasteiger partial charge in [-0.1, -0.05) is 12.1 Å². The SMILES string of the molecule is Cc1ccc2c(c1)N(S(C)(=O)=O)C[C@@H](C(=O)Nc1cccc(C(F)(F)F)c1)O2. The van der Waals surface area contributed by atoms with Crippen LogP contribution in [0.25, 0.3) is 0 Å². The molecule has 3 rings (SSSR count). The summed E-state index contributed by atoms with van der Waals surface area (Å²) in [5, 5.41) is 2.35. The van der Waals surface area contributed by atoms with Gasteiger partial charge in [0, 0.05) is 5.69 Å². The number of ether oxygens (including phenoxy) is 1. The molecule has 0 aliphatic carbocycles. The first-order chi connectivity index (χ1) is 12.9. The fourth-order valence-electron chi connectivity index (χ4n) is 2.81. The summed E-state index contributed by atoms with van der Waals surface area (Å²) >= 11 is 0. The van der Waals surface area contributed by atoms with Gasteiger partial charge in [0.1, 0.15) is 5.75 Å². The summed E-state index contributed by atoms with van der Waals surface area (Å²) in [4.78, 5) is 12.5. The van der Waals surface area contributed by atoms with E-state index in [1.54, 1.807) is 25.1 Å².